The van der Waals surface area contributed by atoms with Gasteiger partial charge in [-0.3, -0.25) is 14.3 Å². The number of ether oxygens (including phenoxy) is 1. The summed E-state index contributed by atoms with van der Waals surface area (Å²) < 4.78 is 19.2. The first kappa shape index (κ1) is 12.9. The Morgan fingerprint density at radius 2 is 2.06 bits per heavy atom. The highest BCUT2D eigenvalue weighted by Crippen LogP contribution is 2.28. The Bertz CT molecular complexity index is 540. The Labute approximate surface area is 100 Å². The predicted octanol–water partition coefficient (Wildman–Crippen LogP) is -1.96. The summed E-state index contributed by atoms with van der Waals surface area (Å²) in [6.45, 7) is -0.415. The van der Waals surface area contributed by atoms with Crippen molar-refractivity contribution in [3.8, 4) is 0 Å². The van der Waals surface area contributed by atoms with E-state index in [9.17, 15) is 14.0 Å². The standard InChI is InChI=1S/C10H13FN2O5/c11-6-1-13(10(17)12-9(6)16)2-7-5(3-14)8(4-15)18-7/h1,5,7-8,14-15H,2-4H2,(H,12,16,17)/t5-,7-,8+/m0/s1. The molecule has 100 valence electrons. The lowest BCUT2D eigenvalue weighted by atomic mass is 9.90. The van der Waals surface area contributed by atoms with E-state index in [2.05, 4.69) is 0 Å². The summed E-state index contributed by atoms with van der Waals surface area (Å²) in [5, 5.41) is 18.0. The smallest absolute Gasteiger partial charge is 0.328 e. The van der Waals surface area contributed by atoms with Gasteiger partial charge in [0.1, 0.15) is 0 Å². The van der Waals surface area contributed by atoms with Crippen LogP contribution in [0.25, 0.3) is 0 Å². The van der Waals surface area contributed by atoms with Crippen molar-refractivity contribution in [3.05, 3.63) is 32.9 Å². The highest BCUT2D eigenvalue weighted by atomic mass is 19.1. The summed E-state index contributed by atoms with van der Waals surface area (Å²) in [5.74, 6) is -1.37. The van der Waals surface area contributed by atoms with Gasteiger partial charge in [0.05, 0.1) is 38.2 Å². The van der Waals surface area contributed by atoms with Crippen LogP contribution in [0.15, 0.2) is 15.8 Å². The maximum absolute atomic E-state index is 13.0. The minimum atomic E-state index is -1.07. The van der Waals surface area contributed by atoms with Crippen molar-refractivity contribution >= 4 is 0 Å². The van der Waals surface area contributed by atoms with Crippen LogP contribution in [0.2, 0.25) is 0 Å². The second kappa shape index (κ2) is 5.01. The number of H-pyrrole nitrogens is 1. The van der Waals surface area contributed by atoms with Gasteiger partial charge >= 0.3 is 5.69 Å². The van der Waals surface area contributed by atoms with Crippen LogP contribution in [0.5, 0.6) is 0 Å². The Hall–Kier alpha value is -1.51. The summed E-state index contributed by atoms with van der Waals surface area (Å²) in [5.41, 5.74) is -1.81. The Morgan fingerprint density at radius 1 is 1.33 bits per heavy atom. The highest BCUT2D eigenvalue weighted by Gasteiger charge is 2.41. The average molecular weight is 260 g/mol. The SMILES string of the molecule is O=c1[nH]c(=O)n(C[C@@H]2O[C@H](CO)[C@H]2CO)cc1F. The number of halogens is 1. The third-order valence-corrected chi connectivity index (χ3v) is 3.04. The first-order valence-electron chi connectivity index (χ1n) is 5.43. The Balaban J connectivity index is 2.14. The molecule has 0 spiro atoms. The zero-order valence-corrected chi connectivity index (χ0v) is 9.38. The molecule has 2 rings (SSSR count). The first-order valence-corrected chi connectivity index (χ1v) is 5.43. The van der Waals surface area contributed by atoms with Crippen LogP contribution in [0, 0.1) is 11.7 Å². The third-order valence-electron chi connectivity index (χ3n) is 3.04. The molecule has 3 N–H and O–H groups in total. The van der Waals surface area contributed by atoms with Crippen LogP contribution in [0.1, 0.15) is 0 Å². The molecule has 1 saturated heterocycles. The van der Waals surface area contributed by atoms with Gasteiger partial charge in [0.2, 0.25) is 5.82 Å². The second-order valence-corrected chi connectivity index (χ2v) is 4.13. The topological polar surface area (TPSA) is 105 Å². The fourth-order valence-corrected chi connectivity index (χ4v) is 1.98. The van der Waals surface area contributed by atoms with Crippen molar-refractivity contribution in [1.29, 1.82) is 0 Å². The van der Waals surface area contributed by atoms with Crippen molar-refractivity contribution in [2.24, 2.45) is 5.92 Å². The molecule has 1 aliphatic rings. The predicted molar refractivity (Wildman–Crippen MR) is 57.6 cm³/mol. The van der Waals surface area contributed by atoms with Gasteiger partial charge in [0.15, 0.2) is 0 Å². The molecule has 0 radical (unpaired) electrons. The van der Waals surface area contributed by atoms with Crippen LogP contribution in [0.4, 0.5) is 4.39 Å². The number of hydrogen-bond donors (Lipinski definition) is 3. The molecule has 1 aromatic heterocycles. The summed E-state index contributed by atoms with van der Waals surface area (Å²) in [4.78, 5) is 24.0. The maximum Gasteiger partial charge on any atom is 0.328 e. The number of rotatable bonds is 4. The van der Waals surface area contributed by atoms with Gasteiger partial charge in [-0.05, 0) is 0 Å². The first-order chi connectivity index (χ1) is 8.56. The minimum Gasteiger partial charge on any atom is -0.396 e. The van der Waals surface area contributed by atoms with E-state index >= 15 is 0 Å². The molecule has 18 heavy (non-hydrogen) atoms. The molecule has 2 heterocycles. The number of aliphatic hydroxyl groups is 2. The highest BCUT2D eigenvalue weighted by molar-refractivity contribution is 4.92. The largest absolute Gasteiger partial charge is 0.396 e. The van der Waals surface area contributed by atoms with E-state index in [1.807, 2.05) is 4.98 Å². The van der Waals surface area contributed by atoms with Gasteiger partial charge in [0, 0.05) is 5.92 Å². The molecular weight excluding hydrogens is 247 g/mol. The molecule has 3 atom stereocenters. The maximum atomic E-state index is 13.0. The van der Waals surface area contributed by atoms with E-state index in [1.54, 1.807) is 0 Å². The summed E-state index contributed by atoms with van der Waals surface area (Å²) >= 11 is 0. The number of nitrogens with one attached hydrogen (secondary N) is 1. The van der Waals surface area contributed by atoms with Gasteiger partial charge in [-0.15, -0.1) is 0 Å². The van der Waals surface area contributed by atoms with Crippen LogP contribution in [0.3, 0.4) is 0 Å². The number of hydrogen-bond acceptors (Lipinski definition) is 5. The van der Waals surface area contributed by atoms with E-state index in [-0.39, 0.29) is 25.7 Å². The molecular formula is C10H13FN2O5. The van der Waals surface area contributed by atoms with Crippen molar-refractivity contribution in [1.82, 2.24) is 9.55 Å². The Kier molecular flexibility index (Phi) is 3.60. The molecule has 0 amide bonds. The molecule has 1 aliphatic heterocycles. The van der Waals surface area contributed by atoms with E-state index in [0.717, 1.165) is 10.8 Å². The van der Waals surface area contributed by atoms with Crippen LogP contribution in [-0.4, -0.2) is 45.2 Å². The summed E-state index contributed by atoms with van der Waals surface area (Å²) in [6.07, 6.45) is -0.163. The van der Waals surface area contributed by atoms with E-state index in [1.165, 1.54) is 0 Å². The van der Waals surface area contributed by atoms with Gasteiger partial charge < -0.3 is 14.9 Å². The number of aromatic amines is 1. The van der Waals surface area contributed by atoms with Crippen LogP contribution in [-0.2, 0) is 11.3 Å². The van der Waals surface area contributed by atoms with Gasteiger partial charge in [-0.25, -0.2) is 4.79 Å². The number of nitrogens with zero attached hydrogens (tertiary/aromatic N) is 1. The molecule has 8 heteroatoms. The molecule has 7 nitrogen and oxygen atoms in total. The molecule has 0 aliphatic carbocycles. The lowest BCUT2D eigenvalue weighted by Gasteiger charge is -2.43. The normalized spacial score (nSPS) is 26.9. The fourth-order valence-electron chi connectivity index (χ4n) is 1.98. The van der Waals surface area contributed by atoms with E-state index < -0.39 is 29.3 Å². The van der Waals surface area contributed by atoms with E-state index in [4.69, 9.17) is 14.9 Å². The molecule has 0 unspecified atom stereocenters. The average Bonchev–Trinajstić information content (AvgIpc) is 2.30. The summed E-state index contributed by atoms with van der Waals surface area (Å²) in [7, 11) is 0. The summed E-state index contributed by atoms with van der Waals surface area (Å²) in [6, 6.07) is 0. The lowest BCUT2D eigenvalue weighted by Crippen LogP contribution is -2.55. The zero-order valence-electron chi connectivity index (χ0n) is 9.38. The molecule has 1 fully saturated rings. The Morgan fingerprint density at radius 3 is 2.67 bits per heavy atom. The van der Waals surface area contributed by atoms with Crippen LogP contribution < -0.4 is 11.2 Å². The molecule has 0 saturated carbocycles. The minimum absolute atomic E-state index is 0.00819. The molecule has 1 aromatic rings. The zero-order chi connectivity index (χ0) is 13.3. The fraction of sp³-hybridized carbons (Fsp3) is 0.600. The quantitative estimate of drug-likeness (QED) is 0.583. The third kappa shape index (κ3) is 2.22. The lowest BCUT2D eigenvalue weighted by molar-refractivity contribution is -0.214. The monoisotopic (exact) mass is 260 g/mol. The van der Waals surface area contributed by atoms with Crippen molar-refractivity contribution < 1.29 is 19.3 Å². The number of aliphatic hydroxyl groups excluding tert-OH is 2. The van der Waals surface area contributed by atoms with E-state index in [0.29, 0.717) is 0 Å². The van der Waals surface area contributed by atoms with Crippen LogP contribution >= 0.6 is 0 Å². The van der Waals surface area contributed by atoms with Crippen molar-refractivity contribution in [2.45, 2.75) is 18.8 Å². The van der Waals surface area contributed by atoms with Gasteiger partial charge in [-0.2, -0.15) is 4.39 Å². The molecule has 0 aromatic carbocycles. The van der Waals surface area contributed by atoms with Crippen molar-refractivity contribution in [3.63, 3.8) is 0 Å². The van der Waals surface area contributed by atoms with Gasteiger partial charge in [0.25, 0.3) is 5.56 Å². The van der Waals surface area contributed by atoms with Crippen molar-refractivity contribution in [2.75, 3.05) is 13.2 Å². The molecule has 0 bridgehead atoms. The van der Waals surface area contributed by atoms with Gasteiger partial charge in [-0.1, -0.05) is 0 Å². The second-order valence-electron chi connectivity index (χ2n) is 4.13. The number of aromatic nitrogens is 2.